The molecule has 1 amide bonds. The average Bonchev–Trinajstić information content (AvgIpc) is 3.18. The molecule has 1 aromatic heterocycles. The zero-order chi connectivity index (χ0) is 21.0. The van der Waals surface area contributed by atoms with Crippen molar-refractivity contribution in [3.63, 3.8) is 0 Å². The van der Waals surface area contributed by atoms with E-state index in [1.807, 2.05) is 24.3 Å². The van der Waals surface area contributed by atoms with E-state index in [-0.39, 0.29) is 16.4 Å². The number of furan rings is 1. The van der Waals surface area contributed by atoms with Crippen LogP contribution in [0.2, 0.25) is 0 Å². The summed E-state index contributed by atoms with van der Waals surface area (Å²) in [5, 5.41) is 14.4. The van der Waals surface area contributed by atoms with E-state index in [4.69, 9.17) is 26.5 Å². The molecule has 29 heavy (non-hydrogen) atoms. The molecule has 3 rings (SSSR count). The third-order valence-corrected chi connectivity index (χ3v) is 4.61. The number of nitrogens with one attached hydrogen (secondary N) is 2. The third kappa shape index (κ3) is 5.01. The maximum absolute atomic E-state index is 12.4. The summed E-state index contributed by atoms with van der Waals surface area (Å²) in [5.41, 5.74) is 1.18. The number of ether oxygens (including phenoxy) is 1. The van der Waals surface area contributed by atoms with E-state index >= 15 is 0 Å². The lowest BCUT2D eigenvalue weighted by Gasteiger charge is -2.13. The Labute approximate surface area is 179 Å². The Balaban J connectivity index is 1.70. The van der Waals surface area contributed by atoms with Gasteiger partial charge in [-0.15, -0.1) is 0 Å². The number of thiocarbonyl (C=S) groups is 1. The van der Waals surface area contributed by atoms with Gasteiger partial charge in [0, 0.05) is 10.0 Å². The molecule has 0 saturated heterocycles. The van der Waals surface area contributed by atoms with Crippen molar-refractivity contribution >= 4 is 50.8 Å². The Morgan fingerprint density at radius 1 is 1.10 bits per heavy atom. The van der Waals surface area contributed by atoms with E-state index < -0.39 is 11.9 Å². The number of benzene rings is 2. The minimum Gasteiger partial charge on any atom is -0.495 e. The average molecular weight is 475 g/mol. The van der Waals surface area contributed by atoms with Gasteiger partial charge in [-0.1, -0.05) is 28.1 Å². The van der Waals surface area contributed by atoms with E-state index in [9.17, 15) is 9.59 Å². The summed E-state index contributed by atoms with van der Waals surface area (Å²) in [4.78, 5) is 23.6. The Kier molecular flexibility index (Phi) is 6.30. The van der Waals surface area contributed by atoms with Crippen LogP contribution in [0, 0.1) is 0 Å². The molecule has 0 spiro atoms. The van der Waals surface area contributed by atoms with Crippen LogP contribution in [0.4, 0.5) is 5.69 Å². The third-order valence-electron chi connectivity index (χ3n) is 3.88. The lowest BCUT2D eigenvalue weighted by atomic mass is 10.2. The maximum atomic E-state index is 12.4. The molecular weight excluding hydrogens is 460 g/mol. The number of methoxy groups -OCH3 is 1. The summed E-state index contributed by atoms with van der Waals surface area (Å²) in [6.07, 6.45) is 0. The van der Waals surface area contributed by atoms with Crippen LogP contribution in [0.5, 0.6) is 5.75 Å². The number of anilines is 1. The molecule has 9 heteroatoms. The number of carboxylic acid groups (broad SMARTS) is 1. The van der Waals surface area contributed by atoms with Gasteiger partial charge in [0.15, 0.2) is 10.9 Å². The summed E-state index contributed by atoms with van der Waals surface area (Å²) in [7, 11) is 1.44. The molecule has 148 valence electrons. The van der Waals surface area contributed by atoms with Crippen molar-refractivity contribution in [3.8, 4) is 17.1 Å². The quantitative estimate of drug-likeness (QED) is 0.466. The lowest BCUT2D eigenvalue weighted by Crippen LogP contribution is -2.34. The van der Waals surface area contributed by atoms with Crippen molar-refractivity contribution in [2.45, 2.75) is 0 Å². The van der Waals surface area contributed by atoms with Crippen LogP contribution in [0.15, 0.2) is 63.5 Å². The van der Waals surface area contributed by atoms with Gasteiger partial charge in [-0.3, -0.25) is 10.1 Å². The van der Waals surface area contributed by atoms with E-state index in [2.05, 4.69) is 26.6 Å². The van der Waals surface area contributed by atoms with Crippen molar-refractivity contribution in [1.82, 2.24) is 5.32 Å². The highest BCUT2D eigenvalue weighted by molar-refractivity contribution is 9.10. The number of hydrogen-bond donors (Lipinski definition) is 3. The van der Waals surface area contributed by atoms with Crippen LogP contribution >= 0.6 is 28.1 Å². The van der Waals surface area contributed by atoms with Crippen molar-refractivity contribution in [3.05, 3.63) is 70.4 Å². The van der Waals surface area contributed by atoms with Crippen LogP contribution in [-0.2, 0) is 0 Å². The number of carboxylic acids is 1. The first kappa shape index (κ1) is 20.6. The SMILES string of the molecule is COc1ccc(C(=O)O)cc1NC(=S)NC(=O)c1ccc(-c2ccc(Br)cc2)o1. The molecule has 0 radical (unpaired) electrons. The molecule has 7 nitrogen and oxygen atoms in total. The number of rotatable bonds is 5. The fourth-order valence-corrected chi connectivity index (χ4v) is 2.95. The standard InChI is InChI=1S/C20H15BrN2O5S/c1-27-16-7-4-12(19(25)26)10-14(16)22-20(29)23-18(24)17-9-8-15(28-17)11-2-5-13(21)6-3-11/h2-10H,1H3,(H,25,26)(H2,22,23,24,29). The van der Waals surface area contributed by atoms with Crippen LogP contribution in [0.25, 0.3) is 11.3 Å². The number of amides is 1. The number of carbonyl (C=O) groups is 2. The molecule has 0 aliphatic carbocycles. The van der Waals surface area contributed by atoms with Crippen molar-refractivity contribution < 1.29 is 23.8 Å². The minimum absolute atomic E-state index is 0.0302. The Morgan fingerprint density at radius 3 is 2.48 bits per heavy atom. The van der Waals surface area contributed by atoms with Gasteiger partial charge < -0.3 is 19.6 Å². The predicted molar refractivity (Wildman–Crippen MR) is 115 cm³/mol. The first-order valence-corrected chi connectivity index (χ1v) is 9.47. The first-order chi connectivity index (χ1) is 13.9. The monoisotopic (exact) mass is 474 g/mol. The van der Waals surface area contributed by atoms with Gasteiger partial charge in [-0.2, -0.15) is 0 Å². The normalized spacial score (nSPS) is 10.3. The van der Waals surface area contributed by atoms with Crippen molar-refractivity contribution in [1.29, 1.82) is 0 Å². The second-order valence-electron chi connectivity index (χ2n) is 5.80. The molecule has 1 heterocycles. The largest absolute Gasteiger partial charge is 0.495 e. The molecule has 3 aromatic rings. The molecule has 0 atom stereocenters. The van der Waals surface area contributed by atoms with Gasteiger partial charge in [-0.25, -0.2) is 4.79 Å². The predicted octanol–water partition coefficient (Wildman–Crippen LogP) is 4.54. The smallest absolute Gasteiger partial charge is 0.335 e. The highest BCUT2D eigenvalue weighted by Crippen LogP contribution is 2.26. The van der Waals surface area contributed by atoms with Crippen LogP contribution in [-0.4, -0.2) is 29.2 Å². The molecule has 0 bridgehead atoms. The van der Waals surface area contributed by atoms with Gasteiger partial charge in [0.25, 0.3) is 5.91 Å². The summed E-state index contributed by atoms with van der Waals surface area (Å²) in [6.45, 7) is 0. The first-order valence-electron chi connectivity index (χ1n) is 8.27. The van der Waals surface area contributed by atoms with Crippen LogP contribution in [0.1, 0.15) is 20.9 Å². The minimum atomic E-state index is -1.10. The van der Waals surface area contributed by atoms with Gasteiger partial charge >= 0.3 is 5.97 Å². The van der Waals surface area contributed by atoms with Gasteiger partial charge in [0.2, 0.25) is 0 Å². The van der Waals surface area contributed by atoms with Gasteiger partial charge in [-0.05, 0) is 54.7 Å². The summed E-state index contributed by atoms with van der Waals surface area (Å²) >= 11 is 8.52. The molecular formula is C20H15BrN2O5S. The zero-order valence-corrected chi connectivity index (χ0v) is 17.5. The number of aromatic carboxylic acids is 1. The molecule has 2 aromatic carbocycles. The highest BCUT2D eigenvalue weighted by Gasteiger charge is 2.15. The molecule has 3 N–H and O–H groups in total. The fourth-order valence-electron chi connectivity index (χ4n) is 2.49. The van der Waals surface area contributed by atoms with E-state index in [1.165, 1.54) is 25.3 Å². The zero-order valence-electron chi connectivity index (χ0n) is 15.1. The van der Waals surface area contributed by atoms with Crippen molar-refractivity contribution in [2.75, 3.05) is 12.4 Å². The molecule has 0 fully saturated rings. The molecule has 0 saturated carbocycles. The van der Waals surface area contributed by atoms with E-state index in [1.54, 1.807) is 12.1 Å². The maximum Gasteiger partial charge on any atom is 0.335 e. The number of hydrogen-bond acceptors (Lipinski definition) is 5. The molecule has 0 aliphatic rings. The van der Waals surface area contributed by atoms with Crippen LogP contribution in [0.3, 0.4) is 0 Å². The van der Waals surface area contributed by atoms with E-state index in [0.717, 1.165) is 10.0 Å². The number of carbonyl (C=O) groups excluding carboxylic acids is 1. The summed E-state index contributed by atoms with van der Waals surface area (Å²) < 4.78 is 11.7. The second-order valence-corrected chi connectivity index (χ2v) is 7.12. The highest BCUT2D eigenvalue weighted by atomic mass is 79.9. The molecule has 0 unspecified atom stereocenters. The van der Waals surface area contributed by atoms with E-state index in [0.29, 0.717) is 17.2 Å². The summed E-state index contributed by atoms with van der Waals surface area (Å²) in [6, 6.07) is 14.9. The molecule has 0 aliphatic heterocycles. The van der Waals surface area contributed by atoms with Crippen molar-refractivity contribution in [2.24, 2.45) is 0 Å². The number of halogens is 1. The Bertz CT molecular complexity index is 1080. The van der Waals surface area contributed by atoms with Crippen LogP contribution < -0.4 is 15.4 Å². The second kappa shape index (κ2) is 8.89. The Hall–Kier alpha value is -3.17. The van der Waals surface area contributed by atoms with Gasteiger partial charge in [0.05, 0.1) is 18.4 Å². The topological polar surface area (TPSA) is 101 Å². The summed E-state index contributed by atoms with van der Waals surface area (Å²) in [5.74, 6) is -0.640. The fraction of sp³-hybridized carbons (Fsp3) is 0.0500. The Morgan fingerprint density at radius 2 is 1.83 bits per heavy atom. The van der Waals surface area contributed by atoms with Gasteiger partial charge in [0.1, 0.15) is 11.5 Å². The lowest BCUT2D eigenvalue weighted by molar-refractivity contribution is 0.0696.